The van der Waals surface area contributed by atoms with Crippen LogP contribution in [0.15, 0.2) is 36.4 Å². The molecule has 2 aromatic rings. The van der Waals surface area contributed by atoms with Gasteiger partial charge in [-0.15, -0.1) is 0 Å². The van der Waals surface area contributed by atoms with Crippen molar-refractivity contribution in [2.45, 2.75) is 19.8 Å². The van der Waals surface area contributed by atoms with Gasteiger partial charge in [-0.1, -0.05) is 0 Å². The molecule has 0 aliphatic heterocycles. The van der Waals surface area contributed by atoms with Gasteiger partial charge in [0.1, 0.15) is 5.75 Å². The average Bonchev–Trinajstić information content (AvgIpc) is 2.70. The molecule has 3 rings (SSSR count). The summed E-state index contributed by atoms with van der Waals surface area (Å²) in [7, 11) is 1.32. The molecule has 0 unspecified atom stereocenters. The first-order valence-corrected chi connectivity index (χ1v) is 7.57. The van der Waals surface area contributed by atoms with Gasteiger partial charge in [-0.05, 0) is 60.4 Å². The number of methoxy groups -OCH3 is 1. The summed E-state index contributed by atoms with van der Waals surface area (Å²) in [5.41, 5.74) is 3.25. The number of rotatable bonds is 2. The highest BCUT2D eigenvalue weighted by atomic mass is 16.5. The van der Waals surface area contributed by atoms with Gasteiger partial charge in [0, 0.05) is 18.1 Å². The smallest absolute Gasteiger partial charge is 0.337 e. The number of carbonyl (C=O) groups is 3. The number of aryl methyl sites for hydroxylation is 2. The van der Waals surface area contributed by atoms with E-state index < -0.39 is 11.9 Å². The Labute approximate surface area is 139 Å². The number of esters is 2. The van der Waals surface area contributed by atoms with E-state index in [2.05, 4.69) is 0 Å². The van der Waals surface area contributed by atoms with Gasteiger partial charge in [0.15, 0.2) is 5.78 Å². The molecule has 0 heterocycles. The molecule has 0 aromatic heterocycles. The van der Waals surface area contributed by atoms with E-state index in [1.165, 1.54) is 14.0 Å². The largest absolute Gasteiger partial charge is 0.465 e. The fraction of sp³-hybridized carbons (Fsp3) is 0.211. The maximum Gasteiger partial charge on any atom is 0.337 e. The number of carbonyl (C=O) groups excluding carboxylic acids is 3. The van der Waals surface area contributed by atoms with Crippen molar-refractivity contribution in [1.82, 2.24) is 0 Å². The van der Waals surface area contributed by atoms with Gasteiger partial charge in [-0.25, -0.2) is 4.79 Å². The van der Waals surface area contributed by atoms with E-state index in [0.717, 1.165) is 11.1 Å². The predicted octanol–water partition coefficient (Wildman–Crippen LogP) is 2.73. The van der Waals surface area contributed by atoms with Gasteiger partial charge in [-0.2, -0.15) is 0 Å². The first kappa shape index (κ1) is 15.9. The summed E-state index contributed by atoms with van der Waals surface area (Å²) < 4.78 is 9.81. The van der Waals surface area contributed by atoms with E-state index in [4.69, 9.17) is 9.47 Å². The monoisotopic (exact) mass is 324 g/mol. The number of hydrogen-bond acceptors (Lipinski definition) is 5. The molecular weight excluding hydrogens is 308 g/mol. The van der Waals surface area contributed by atoms with Crippen molar-refractivity contribution in [1.29, 1.82) is 0 Å². The summed E-state index contributed by atoms with van der Waals surface area (Å²) >= 11 is 0. The number of benzene rings is 2. The molecule has 1 aliphatic carbocycles. The minimum absolute atomic E-state index is 0.0942. The third-order valence-corrected chi connectivity index (χ3v) is 4.02. The second kappa shape index (κ2) is 6.28. The Kier molecular flexibility index (Phi) is 4.16. The molecule has 0 fully saturated rings. The Balaban J connectivity index is 2.00. The van der Waals surface area contributed by atoms with Gasteiger partial charge < -0.3 is 9.47 Å². The van der Waals surface area contributed by atoms with Gasteiger partial charge in [0.2, 0.25) is 0 Å². The predicted molar refractivity (Wildman–Crippen MR) is 86.4 cm³/mol. The molecule has 122 valence electrons. The highest BCUT2D eigenvalue weighted by molar-refractivity contribution is 6.11. The van der Waals surface area contributed by atoms with E-state index in [0.29, 0.717) is 35.3 Å². The van der Waals surface area contributed by atoms with Crippen molar-refractivity contribution >= 4 is 17.7 Å². The minimum Gasteiger partial charge on any atom is -0.465 e. The number of hydrogen-bond donors (Lipinski definition) is 0. The number of ether oxygens (including phenoxy) is 2. The summed E-state index contributed by atoms with van der Waals surface area (Å²) in [5, 5.41) is 0. The van der Waals surface area contributed by atoms with Gasteiger partial charge in [0.05, 0.1) is 12.7 Å². The molecule has 2 aromatic carbocycles. The third-order valence-electron chi connectivity index (χ3n) is 4.02. The molecular formula is C19H16O5. The van der Waals surface area contributed by atoms with Crippen LogP contribution in [0.5, 0.6) is 5.75 Å². The summed E-state index contributed by atoms with van der Waals surface area (Å²) in [6.45, 7) is 1.33. The molecule has 24 heavy (non-hydrogen) atoms. The van der Waals surface area contributed by atoms with Crippen molar-refractivity contribution in [3.05, 3.63) is 64.2 Å². The van der Waals surface area contributed by atoms with Crippen molar-refractivity contribution in [3.8, 4) is 5.75 Å². The van der Waals surface area contributed by atoms with Crippen molar-refractivity contribution in [3.63, 3.8) is 0 Å². The van der Waals surface area contributed by atoms with E-state index in [1.807, 2.05) is 0 Å². The summed E-state index contributed by atoms with van der Waals surface area (Å²) in [6.07, 6.45) is 1.23. The zero-order valence-electron chi connectivity index (χ0n) is 13.4. The molecule has 0 saturated carbocycles. The van der Waals surface area contributed by atoms with Crippen LogP contribution < -0.4 is 4.74 Å². The molecule has 0 bridgehead atoms. The lowest BCUT2D eigenvalue weighted by Crippen LogP contribution is -2.07. The maximum atomic E-state index is 12.8. The Bertz CT molecular complexity index is 851. The maximum absolute atomic E-state index is 12.8. The van der Waals surface area contributed by atoms with Gasteiger partial charge >= 0.3 is 11.9 Å². The second-order valence-electron chi connectivity index (χ2n) is 5.61. The number of ketones is 1. The SMILES string of the molecule is COC(=O)c1ccc2c(c1)CCc1cc(OC(C)=O)ccc1C2=O. The average molecular weight is 324 g/mol. The first-order valence-electron chi connectivity index (χ1n) is 7.57. The Hall–Kier alpha value is -2.95. The lowest BCUT2D eigenvalue weighted by atomic mass is 9.97. The molecule has 0 N–H and O–H groups in total. The van der Waals surface area contributed by atoms with Gasteiger partial charge in [-0.3, -0.25) is 9.59 Å². The first-order chi connectivity index (χ1) is 11.5. The molecule has 5 nitrogen and oxygen atoms in total. The quantitative estimate of drug-likeness (QED) is 0.627. The summed E-state index contributed by atoms with van der Waals surface area (Å²) in [6, 6.07) is 9.99. The zero-order chi connectivity index (χ0) is 17.3. The molecule has 5 heteroatoms. The fourth-order valence-corrected chi connectivity index (χ4v) is 2.91. The Morgan fingerprint density at radius 2 is 1.58 bits per heavy atom. The van der Waals surface area contributed by atoms with Crippen molar-refractivity contribution in [2.24, 2.45) is 0 Å². The van der Waals surface area contributed by atoms with Crippen molar-refractivity contribution in [2.75, 3.05) is 7.11 Å². The summed E-state index contributed by atoms with van der Waals surface area (Å²) in [4.78, 5) is 35.6. The summed E-state index contributed by atoms with van der Waals surface area (Å²) in [5.74, 6) is -0.497. The second-order valence-corrected chi connectivity index (χ2v) is 5.61. The molecule has 0 saturated heterocycles. The topological polar surface area (TPSA) is 69.7 Å². The van der Waals surface area contributed by atoms with Crippen molar-refractivity contribution < 1.29 is 23.9 Å². The normalized spacial score (nSPS) is 12.7. The van der Waals surface area contributed by atoms with Gasteiger partial charge in [0.25, 0.3) is 0 Å². The van der Waals surface area contributed by atoms with Crippen LogP contribution in [0.25, 0.3) is 0 Å². The van der Waals surface area contributed by atoms with Crippen LogP contribution >= 0.6 is 0 Å². The van der Waals surface area contributed by atoms with Crippen LogP contribution in [0.3, 0.4) is 0 Å². The zero-order valence-corrected chi connectivity index (χ0v) is 13.4. The van der Waals surface area contributed by atoms with Crippen LogP contribution in [0.2, 0.25) is 0 Å². The molecule has 1 aliphatic rings. The lowest BCUT2D eigenvalue weighted by molar-refractivity contribution is -0.131. The highest BCUT2D eigenvalue weighted by Crippen LogP contribution is 2.28. The Morgan fingerprint density at radius 1 is 0.958 bits per heavy atom. The molecule has 0 atom stereocenters. The van der Waals surface area contributed by atoms with E-state index in [1.54, 1.807) is 36.4 Å². The van der Waals surface area contributed by atoms with Crippen LogP contribution in [0.4, 0.5) is 0 Å². The third kappa shape index (κ3) is 2.93. The molecule has 0 amide bonds. The Morgan fingerprint density at radius 3 is 2.21 bits per heavy atom. The minimum atomic E-state index is -0.427. The fourth-order valence-electron chi connectivity index (χ4n) is 2.91. The van der Waals surface area contributed by atoms with Crippen LogP contribution in [0.1, 0.15) is 44.3 Å². The van der Waals surface area contributed by atoms with E-state index >= 15 is 0 Å². The van der Waals surface area contributed by atoms with E-state index in [9.17, 15) is 14.4 Å². The lowest BCUT2D eigenvalue weighted by Gasteiger charge is -2.08. The van der Waals surface area contributed by atoms with Crippen LogP contribution in [-0.4, -0.2) is 24.8 Å². The van der Waals surface area contributed by atoms with E-state index in [-0.39, 0.29) is 5.78 Å². The van der Waals surface area contributed by atoms with Crippen LogP contribution in [-0.2, 0) is 22.4 Å². The molecule has 0 spiro atoms. The highest BCUT2D eigenvalue weighted by Gasteiger charge is 2.23. The van der Waals surface area contributed by atoms with Crippen LogP contribution in [0, 0.1) is 0 Å². The standard InChI is InChI=1S/C19H16O5/c1-11(20)24-15-6-8-17-13(10-15)4-3-12-9-14(19(22)23-2)5-7-16(12)18(17)21/h5-10H,3-4H2,1-2H3. The number of fused-ring (bicyclic) bond motifs is 2. The molecule has 0 radical (unpaired) electrons.